The summed E-state index contributed by atoms with van der Waals surface area (Å²) in [5, 5.41) is 19.3. The van der Waals surface area contributed by atoms with E-state index in [0.717, 1.165) is 0 Å². The van der Waals surface area contributed by atoms with Crippen molar-refractivity contribution in [3.8, 4) is 6.07 Å². The summed E-state index contributed by atoms with van der Waals surface area (Å²) >= 11 is 0. The Morgan fingerprint density at radius 2 is 2.37 bits per heavy atom. The van der Waals surface area contributed by atoms with Gasteiger partial charge in [-0.3, -0.25) is 4.98 Å². The molecule has 0 fully saturated rings. The van der Waals surface area contributed by atoms with Crippen molar-refractivity contribution in [2.75, 3.05) is 7.11 Å². The first-order valence-corrected chi connectivity index (χ1v) is 5.95. The van der Waals surface area contributed by atoms with E-state index >= 15 is 0 Å². The Balaban J connectivity index is 2.42. The molecule has 1 heterocycles. The van der Waals surface area contributed by atoms with Crippen LogP contribution >= 0.6 is 0 Å². The van der Waals surface area contributed by atoms with Crippen LogP contribution in [0.4, 0.5) is 0 Å². The fraction of sp³-hybridized carbons (Fsp3) is 0.357. The van der Waals surface area contributed by atoms with E-state index in [1.807, 2.05) is 0 Å². The molecule has 5 heteroatoms. The molecule has 0 aliphatic heterocycles. The SMILES string of the molecule is COC(=O)C1=C(O)CCC(C#N)(c2ccccn2)C1. The molecule has 0 saturated heterocycles. The Morgan fingerprint density at radius 3 is 2.95 bits per heavy atom. The number of carbonyl (C=O) groups is 1. The second kappa shape index (κ2) is 5.11. The van der Waals surface area contributed by atoms with Crippen molar-refractivity contribution in [1.29, 1.82) is 5.26 Å². The van der Waals surface area contributed by atoms with Gasteiger partial charge in [0.1, 0.15) is 11.2 Å². The number of aromatic nitrogens is 1. The minimum absolute atomic E-state index is 0.00801. The van der Waals surface area contributed by atoms with Gasteiger partial charge in [0.15, 0.2) is 0 Å². The second-order valence-electron chi connectivity index (χ2n) is 4.50. The maximum atomic E-state index is 11.6. The number of aliphatic hydroxyl groups excluding tert-OH is 1. The van der Waals surface area contributed by atoms with Crippen LogP contribution in [0.5, 0.6) is 0 Å². The standard InChI is InChI=1S/C14H14N2O3/c1-19-13(18)10-8-14(9-15,6-5-11(10)17)12-4-2-3-7-16-12/h2-4,7,17H,5-6,8H2,1H3. The zero-order chi connectivity index (χ0) is 13.9. The highest BCUT2D eigenvalue weighted by Crippen LogP contribution is 2.40. The largest absolute Gasteiger partial charge is 0.512 e. The smallest absolute Gasteiger partial charge is 0.337 e. The molecule has 1 aromatic heterocycles. The normalized spacial score (nSPS) is 22.7. The molecule has 0 radical (unpaired) electrons. The number of pyridine rings is 1. The molecule has 5 nitrogen and oxygen atoms in total. The third kappa shape index (κ3) is 2.29. The van der Waals surface area contributed by atoms with Crippen LogP contribution in [-0.4, -0.2) is 23.2 Å². The van der Waals surface area contributed by atoms with Crippen LogP contribution in [0.3, 0.4) is 0 Å². The van der Waals surface area contributed by atoms with Gasteiger partial charge in [0.25, 0.3) is 0 Å². The van der Waals surface area contributed by atoms with Crippen molar-refractivity contribution in [1.82, 2.24) is 4.98 Å². The van der Waals surface area contributed by atoms with Gasteiger partial charge in [-0.05, 0) is 18.6 Å². The van der Waals surface area contributed by atoms with Gasteiger partial charge in [0, 0.05) is 19.0 Å². The van der Waals surface area contributed by atoms with Crippen molar-refractivity contribution in [3.63, 3.8) is 0 Å². The fourth-order valence-corrected chi connectivity index (χ4v) is 2.31. The lowest BCUT2D eigenvalue weighted by Gasteiger charge is -2.30. The molecule has 98 valence electrons. The number of carbonyl (C=O) groups excluding carboxylic acids is 1. The lowest BCUT2D eigenvalue weighted by Crippen LogP contribution is -2.32. The average molecular weight is 258 g/mol. The van der Waals surface area contributed by atoms with Gasteiger partial charge in [-0.15, -0.1) is 0 Å². The Morgan fingerprint density at radius 1 is 1.58 bits per heavy atom. The van der Waals surface area contributed by atoms with E-state index in [-0.39, 0.29) is 24.2 Å². The molecule has 0 aromatic carbocycles. The predicted octanol–water partition coefficient (Wildman–Crippen LogP) is 2.01. The predicted molar refractivity (Wildman–Crippen MR) is 67.0 cm³/mol. The lowest BCUT2D eigenvalue weighted by atomic mass is 9.72. The van der Waals surface area contributed by atoms with Crippen LogP contribution < -0.4 is 0 Å². The molecule has 0 saturated carbocycles. The minimum Gasteiger partial charge on any atom is -0.512 e. The average Bonchev–Trinajstić information content (AvgIpc) is 2.48. The zero-order valence-corrected chi connectivity index (χ0v) is 10.6. The highest BCUT2D eigenvalue weighted by atomic mass is 16.5. The van der Waals surface area contributed by atoms with Crippen molar-refractivity contribution in [3.05, 3.63) is 41.4 Å². The summed E-state index contributed by atoms with van der Waals surface area (Å²) in [6.45, 7) is 0. The van der Waals surface area contributed by atoms with Crippen LogP contribution in [0.1, 0.15) is 25.0 Å². The molecule has 0 spiro atoms. The molecule has 2 rings (SSSR count). The molecule has 1 atom stereocenters. The van der Waals surface area contributed by atoms with Gasteiger partial charge < -0.3 is 9.84 Å². The maximum absolute atomic E-state index is 11.6. The summed E-state index contributed by atoms with van der Waals surface area (Å²) in [6, 6.07) is 7.58. The Kier molecular flexibility index (Phi) is 3.52. The summed E-state index contributed by atoms with van der Waals surface area (Å²) in [6.07, 6.45) is 2.45. The number of nitrogens with zero attached hydrogens (tertiary/aromatic N) is 2. The van der Waals surface area contributed by atoms with Gasteiger partial charge in [0.05, 0.1) is 24.4 Å². The van der Waals surface area contributed by atoms with Gasteiger partial charge >= 0.3 is 5.97 Å². The van der Waals surface area contributed by atoms with Gasteiger partial charge in [-0.1, -0.05) is 6.07 Å². The van der Waals surface area contributed by atoms with E-state index in [1.54, 1.807) is 24.4 Å². The highest BCUT2D eigenvalue weighted by Gasteiger charge is 2.41. The highest BCUT2D eigenvalue weighted by molar-refractivity contribution is 5.89. The van der Waals surface area contributed by atoms with E-state index in [0.29, 0.717) is 12.1 Å². The number of hydrogen-bond donors (Lipinski definition) is 1. The van der Waals surface area contributed by atoms with E-state index in [2.05, 4.69) is 15.8 Å². The van der Waals surface area contributed by atoms with Gasteiger partial charge in [-0.25, -0.2) is 4.79 Å². The Hall–Kier alpha value is -2.35. The fourth-order valence-electron chi connectivity index (χ4n) is 2.31. The molecular weight excluding hydrogens is 244 g/mol. The summed E-state index contributed by atoms with van der Waals surface area (Å²) in [5.41, 5.74) is -0.0934. The molecular formula is C14H14N2O3. The lowest BCUT2D eigenvalue weighted by molar-refractivity contribution is -0.136. The van der Waals surface area contributed by atoms with E-state index < -0.39 is 11.4 Å². The number of aliphatic hydroxyl groups is 1. The van der Waals surface area contributed by atoms with Crippen LogP contribution in [0, 0.1) is 11.3 Å². The van der Waals surface area contributed by atoms with Crippen molar-refractivity contribution in [2.45, 2.75) is 24.7 Å². The summed E-state index contributed by atoms with van der Waals surface area (Å²) < 4.78 is 4.65. The number of ether oxygens (including phenoxy) is 1. The van der Waals surface area contributed by atoms with E-state index in [4.69, 9.17) is 0 Å². The van der Waals surface area contributed by atoms with Crippen molar-refractivity contribution >= 4 is 5.97 Å². The molecule has 0 amide bonds. The first-order chi connectivity index (χ1) is 9.13. The summed E-state index contributed by atoms with van der Waals surface area (Å²) in [5.74, 6) is -0.582. The molecule has 1 unspecified atom stereocenters. The molecule has 19 heavy (non-hydrogen) atoms. The number of esters is 1. The number of hydrogen-bond acceptors (Lipinski definition) is 5. The van der Waals surface area contributed by atoms with Gasteiger partial charge in [0.2, 0.25) is 0 Å². The quantitative estimate of drug-likeness (QED) is 0.820. The zero-order valence-electron chi connectivity index (χ0n) is 10.6. The minimum atomic E-state index is -0.878. The third-order valence-electron chi connectivity index (χ3n) is 3.42. The Labute approximate surface area is 111 Å². The monoisotopic (exact) mass is 258 g/mol. The Bertz CT molecular complexity index is 560. The molecule has 1 aliphatic carbocycles. The molecule has 1 N–H and O–H groups in total. The topological polar surface area (TPSA) is 83.2 Å². The maximum Gasteiger partial charge on any atom is 0.337 e. The number of allylic oxidation sites excluding steroid dienone is 1. The van der Waals surface area contributed by atoms with Crippen LogP contribution in [0.15, 0.2) is 35.7 Å². The van der Waals surface area contributed by atoms with Crippen LogP contribution in [-0.2, 0) is 14.9 Å². The molecule has 1 aromatic rings. The number of nitriles is 1. The van der Waals surface area contributed by atoms with Gasteiger partial charge in [-0.2, -0.15) is 5.26 Å². The third-order valence-corrected chi connectivity index (χ3v) is 3.42. The van der Waals surface area contributed by atoms with Crippen molar-refractivity contribution in [2.24, 2.45) is 0 Å². The number of methoxy groups -OCH3 is 1. The van der Waals surface area contributed by atoms with Crippen LogP contribution in [0.25, 0.3) is 0 Å². The summed E-state index contributed by atoms with van der Waals surface area (Å²) in [4.78, 5) is 15.9. The van der Waals surface area contributed by atoms with E-state index in [9.17, 15) is 15.2 Å². The molecule has 1 aliphatic rings. The second-order valence-corrected chi connectivity index (χ2v) is 4.50. The first kappa shape index (κ1) is 13.1. The summed E-state index contributed by atoms with van der Waals surface area (Å²) in [7, 11) is 1.26. The van der Waals surface area contributed by atoms with Crippen molar-refractivity contribution < 1.29 is 14.6 Å². The number of rotatable bonds is 2. The first-order valence-electron chi connectivity index (χ1n) is 5.95. The van der Waals surface area contributed by atoms with E-state index in [1.165, 1.54) is 7.11 Å². The van der Waals surface area contributed by atoms with Crippen LogP contribution in [0.2, 0.25) is 0 Å². The molecule has 0 bridgehead atoms.